The summed E-state index contributed by atoms with van der Waals surface area (Å²) in [6.07, 6.45) is 0. The topological polar surface area (TPSA) is 85.3 Å². The first-order chi connectivity index (χ1) is 12.9. The number of amides is 1. The molecule has 0 bridgehead atoms. The number of fused-ring (bicyclic) bond motifs is 1. The molecule has 0 radical (unpaired) electrons. The standard InChI is InChI=1S/C20H21NO6/c1-21-18(11-7-5-6-8-14(11)25-2)17(20(23)24)12-9-15(26-3)16(27-4)10-13(12)19(21)22/h5-10,17-18H,1-4H3,(H,23,24). The van der Waals surface area contributed by atoms with Gasteiger partial charge in [0.2, 0.25) is 0 Å². The van der Waals surface area contributed by atoms with Crippen molar-refractivity contribution in [3.05, 3.63) is 53.1 Å². The first-order valence-corrected chi connectivity index (χ1v) is 8.33. The zero-order chi connectivity index (χ0) is 19.7. The predicted octanol–water partition coefficient (Wildman–Crippen LogP) is 2.71. The number of likely N-dealkylation sites (N-methyl/N-ethyl adjacent to an activating group) is 1. The molecule has 2 aromatic carbocycles. The van der Waals surface area contributed by atoms with Crippen molar-refractivity contribution in [1.82, 2.24) is 4.90 Å². The van der Waals surface area contributed by atoms with Crippen LogP contribution in [0.3, 0.4) is 0 Å². The lowest BCUT2D eigenvalue weighted by Crippen LogP contribution is -2.42. The Morgan fingerprint density at radius 2 is 1.56 bits per heavy atom. The third-order valence-electron chi connectivity index (χ3n) is 4.90. The van der Waals surface area contributed by atoms with Gasteiger partial charge in [-0.05, 0) is 23.8 Å². The molecule has 0 fully saturated rings. The summed E-state index contributed by atoms with van der Waals surface area (Å²) in [5.41, 5.74) is 1.30. The zero-order valence-electron chi connectivity index (χ0n) is 15.6. The van der Waals surface area contributed by atoms with E-state index in [1.54, 1.807) is 37.4 Å². The fraction of sp³-hybridized carbons (Fsp3) is 0.300. The summed E-state index contributed by atoms with van der Waals surface area (Å²) in [6.45, 7) is 0. The summed E-state index contributed by atoms with van der Waals surface area (Å²) >= 11 is 0. The summed E-state index contributed by atoms with van der Waals surface area (Å²) in [5.74, 6) is -1.05. The summed E-state index contributed by atoms with van der Waals surface area (Å²) < 4.78 is 16.0. The molecule has 0 saturated heterocycles. The van der Waals surface area contributed by atoms with Gasteiger partial charge in [-0.2, -0.15) is 0 Å². The van der Waals surface area contributed by atoms with Crippen LogP contribution < -0.4 is 14.2 Å². The van der Waals surface area contributed by atoms with E-state index in [1.807, 2.05) is 0 Å². The van der Waals surface area contributed by atoms with E-state index in [1.165, 1.54) is 32.3 Å². The van der Waals surface area contributed by atoms with Crippen molar-refractivity contribution >= 4 is 11.9 Å². The Morgan fingerprint density at radius 3 is 2.15 bits per heavy atom. The highest BCUT2D eigenvalue weighted by Crippen LogP contribution is 2.47. The van der Waals surface area contributed by atoms with E-state index in [0.29, 0.717) is 28.4 Å². The Hall–Kier alpha value is -3.22. The number of nitrogens with zero attached hydrogens (tertiary/aromatic N) is 1. The Bertz CT molecular complexity index is 894. The second-order valence-electron chi connectivity index (χ2n) is 6.21. The van der Waals surface area contributed by atoms with Crippen molar-refractivity contribution in [3.63, 3.8) is 0 Å². The van der Waals surface area contributed by atoms with Crippen molar-refractivity contribution < 1.29 is 28.9 Å². The number of ether oxygens (including phenoxy) is 3. The molecule has 1 aliphatic heterocycles. The molecular weight excluding hydrogens is 350 g/mol. The number of methoxy groups -OCH3 is 3. The Kier molecular flexibility index (Phi) is 4.94. The van der Waals surface area contributed by atoms with Crippen LogP contribution in [0.25, 0.3) is 0 Å². The molecule has 27 heavy (non-hydrogen) atoms. The Morgan fingerprint density at radius 1 is 0.963 bits per heavy atom. The van der Waals surface area contributed by atoms with Gasteiger partial charge in [0.15, 0.2) is 11.5 Å². The molecule has 2 atom stereocenters. The van der Waals surface area contributed by atoms with Gasteiger partial charge >= 0.3 is 5.97 Å². The second-order valence-corrected chi connectivity index (χ2v) is 6.21. The minimum absolute atomic E-state index is 0.286. The van der Waals surface area contributed by atoms with Crippen molar-refractivity contribution in [2.45, 2.75) is 12.0 Å². The molecule has 2 unspecified atom stereocenters. The molecule has 1 amide bonds. The molecule has 142 valence electrons. The van der Waals surface area contributed by atoms with E-state index >= 15 is 0 Å². The predicted molar refractivity (Wildman–Crippen MR) is 97.8 cm³/mol. The number of hydrogen-bond acceptors (Lipinski definition) is 5. The lowest BCUT2D eigenvalue weighted by molar-refractivity contribution is -0.140. The maximum atomic E-state index is 13.0. The van der Waals surface area contributed by atoms with Crippen LogP contribution in [-0.2, 0) is 4.79 Å². The van der Waals surface area contributed by atoms with Crippen LogP contribution in [0.4, 0.5) is 0 Å². The summed E-state index contributed by atoms with van der Waals surface area (Å²) in [5, 5.41) is 10.0. The van der Waals surface area contributed by atoms with Gasteiger partial charge in [-0.1, -0.05) is 18.2 Å². The van der Waals surface area contributed by atoms with Gasteiger partial charge in [0, 0.05) is 18.2 Å². The van der Waals surface area contributed by atoms with Gasteiger partial charge in [0.05, 0.1) is 27.4 Å². The molecule has 0 aliphatic carbocycles. The number of carbonyl (C=O) groups is 2. The quantitative estimate of drug-likeness (QED) is 0.870. The minimum atomic E-state index is -1.04. The van der Waals surface area contributed by atoms with Crippen LogP contribution in [-0.4, -0.2) is 50.3 Å². The average Bonchev–Trinajstić information content (AvgIpc) is 2.69. The monoisotopic (exact) mass is 371 g/mol. The van der Waals surface area contributed by atoms with Crippen molar-refractivity contribution in [3.8, 4) is 17.2 Å². The van der Waals surface area contributed by atoms with E-state index in [-0.39, 0.29) is 11.5 Å². The number of benzene rings is 2. The van der Waals surface area contributed by atoms with Crippen molar-refractivity contribution in [2.75, 3.05) is 28.4 Å². The summed E-state index contributed by atoms with van der Waals surface area (Å²) in [4.78, 5) is 26.7. The molecule has 7 nitrogen and oxygen atoms in total. The number of rotatable bonds is 5. The van der Waals surface area contributed by atoms with Crippen LogP contribution in [0.1, 0.15) is 33.4 Å². The Labute approximate surface area is 157 Å². The van der Waals surface area contributed by atoms with E-state index in [4.69, 9.17) is 14.2 Å². The second kappa shape index (κ2) is 7.19. The van der Waals surface area contributed by atoms with E-state index in [0.717, 1.165) is 0 Å². The van der Waals surface area contributed by atoms with Crippen LogP contribution in [0.15, 0.2) is 36.4 Å². The normalized spacial score (nSPS) is 18.7. The van der Waals surface area contributed by atoms with Crippen LogP contribution in [0.5, 0.6) is 17.2 Å². The van der Waals surface area contributed by atoms with Gasteiger partial charge in [-0.25, -0.2) is 0 Å². The first kappa shape index (κ1) is 18.6. The Balaban J connectivity index is 2.27. The van der Waals surface area contributed by atoms with Gasteiger partial charge in [-0.3, -0.25) is 9.59 Å². The van der Waals surface area contributed by atoms with Crippen LogP contribution >= 0.6 is 0 Å². The maximum Gasteiger partial charge on any atom is 0.313 e. The zero-order valence-corrected chi connectivity index (χ0v) is 15.6. The maximum absolute atomic E-state index is 13.0. The number of carboxylic acids is 1. The van der Waals surface area contributed by atoms with Gasteiger partial charge < -0.3 is 24.2 Å². The number of carbonyl (C=O) groups excluding carboxylic acids is 1. The molecule has 1 aliphatic rings. The SMILES string of the molecule is COc1cc2c(cc1OC)C(C(=O)O)C(c1ccccc1OC)N(C)C2=O. The average molecular weight is 371 g/mol. The molecule has 2 aromatic rings. The number of para-hydroxylation sites is 1. The third-order valence-corrected chi connectivity index (χ3v) is 4.90. The summed E-state index contributed by atoms with van der Waals surface area (Å²) in [7, 11) is 6.04. The molecule has 7 heteroatoms. The fourth-order valence-electron chi connectivity index (χ4n) is 3.61. The molecule has 0 aromatic heterocycles. The molecule has 1 heterocycles. The number of aliphatic carboxylic acids is 1. The lowest BCUT2D eigenvalue weighted by atomic mass is 9.79. The van der Waals surface area contributed by atoms with Crippen LogP contribution in [0, 0.1) is 0 Å². The highest BCUT2D eigenvalue weighted by molar-refractivity contribution is 6.01. The van der Waals surface area contributed by atoms with E-state index in [2.05, 4.69) is 0 Å². The van der Waals surface area contributed by atoms with Gasteiger partial charge in [-0.15, -0.1) is 0 Å². The van der Waals surface area contributed by atoms with E-state index in [9.17, 15) is 14.7 Å². The lowest BCUT2D eigenvalue weighted by Gasteiger charge is -2.39. The first-order valence-electron chi connectivity index (χ1n) is 8.33. The highest BCUT2D eigenvalue weighted by atomic mass is 16.5. The van der Waals surface area contributed by atoms with Crippen molar-refractivity contribution in [2.24, 2.45) is 0 Å². The van der Waals surface area contributed by atoms with Gasteiger partial charge in [0.1, 0.15) is 11.7 Å². The molecule has 3 rings (SSSR count). The summed E-state index contributed by atoms with van der Waals surface area (Å²) in [6, 6.07) is 9.48. The van der Waals surface area contributed by atoms with Crippen LogP contribution in [0.2, 0.25) is 0 Å². The fourth-order valence-corrected chi connectivity index (χ4v) is 3.61. The third kappa shape index (κ3) is 2.95. The van der Waals surface area contributed by atoms with E-state index < -0.39 is 17.9 Å². The molecular formula is C20H21NO6. The molecule has 0 saturated carbocycles. The number of carboxylic acid groups (broad SMARTS) is 1. The number of hydrogen-bond donors (Lipinski definition) is 1. The van der Waals surface area contributed by atoms with Crippen molar-refractivity contribution in [1.29, 1.82) is 0 Å². The van der Waals surface area contributed by atoms with Gasteiger partial charge in [0.25, 0.3) is 5.91 Å². The largest absolute Gasteiger partial charge is 0.496 e. The minimum Gasteiger partial charge on any atom is -0.496 e. The highest BCUT2D eigenvalue weighted by Gasteiger charge is 2.44. The molecule has 1 N–H and O–H groups in total. The molecule has 0 spiro atoms. The smallest absolute Gasteiger partial charge is 0.313 e.